The summed E-state index contributed by atoms with van der Waals surface area (Å²) in [6.07, 6.45) is 3.53. The maximum absolute atomic E-state index is 11.7. The molecule has 1 atom stereocenters. The van der Waals surface area contributed by atoms with Gasteiger partial charge in [0.15, 0.2) is 0 Å². The molecule has 1 aromatic rings. The summed E-state index contributed by atoms with van der Waals surface area (Å²) in [6.45, 7) is 10.9. The second kappa shape index (κ2) is 15.6. The first-order valence-corrected chi connectivity index (χ1v) is 11.5. The monoisotopic (exact) mass is 509 g/mol. The first kappa shape index (κ1) is 31.7. The Balaban J connectivity index is 0.000000568. The number of urea groups is 1. The molecular formula is C20H32N5NaO5S2. The van der Waals surface area contributed by atoms with Crippen LogP contribution in [0.2, 0.25) is 0 Å². The van der Waals surface area contributed by atoms with Crippen LogP contribution in [0, 0.1) is 0 Å². The summed E-state index contributed by atoms with van der Waals surface area (Å²) < 4.78 is 9.64. The molecule has 0 saturated carbocycles. The standard InChI is InChI=1S/C9H9N3O2S2.C9H18N2O3.C2H6.Na/c13-9-11-4-6(8-10-1-2-16-8)3-7(5-11)12(9)14-15;1-9(2,3)14-8(13)11-6-5-7(12)10-4;1-2;/h1-3,7,15H,4-5H2;5-6H2,1-4H3,(H,10,12)(H,11,13);1-2H3;/q;;;+1/p-1. The maximum Gasteiger partial charge on any atom is 1.00 e. The molecule has 2 aliphatic rings. The van der Waals surface area contributed by atoms with E-state index in [1.807, 2.05) is 25.3 Å². The third-order valence-corrected chi connectivity index (χ3v) is 5.02. The molecule has 0 aromatic carbocycles. The van der Waals surface area contributed by atoms with E-state index in [1.165, 1.54) is 5.06 Å². The number of nitrogens with zero attached hydrogens (tertiary/aromatic N) is 3. The van der Waals surface area contributed by atoms with Crippen molar-refractivity contribution < 1.29 is 53.0 Å². The normalized spacial score (nSPS) is 16.3. The van der Waals surface area contributed by atoms with Crippen LogP contribution >= 0.6 is 11.3 Å². The van der Waals surface area contributed by atoms with Crippen molar-refractivity contribution in [2.45, 2.75) is 52.7 Å². The van der Waals surface area contributed by atoms with Crippen molar-refractivity contribution in [1.82, 2.24) is 25.6 Å². The topological polar surface area (TPSA) is 113 Å². The zero-order valence-corrected chi connectivity index (χ0v) is 24.0. The van der Waals surface area contributed by atoms with Gasteiger partial charge in [0.2, 0.25) is 5.91 Å². The zero-order valence-electron chi connectivity index (χ0n) is 20.3. The van der Waals surface area contributed by atoms with Crippen LogP contribution in [0.4, 0.5) is 9.59 Å². The number of alkyl carbamates (subject to hydrolysis) is 1. The van der Waals surface area contributed by atoms with E-state index in [1.54, 1.807) is 50.3 Å². The Labute approximate surface area is 227 Å². The average Bonchev–Trinajstić information content (AvgIpc) is 3.36. The fourth-order valence-electron chi connectivity index (χ4n) is 2.73. The Hall–Kier alpha value is -1.31. The summed E-state index contributed by atoms with van der Waals surface area (Å²) in [4.78, 5) is 39.5. The molecule has 10 nitrogen and oxygen atoms in total. The molecule has 13 heteroatoms. The van der Waals surface area contributed by atoms with Gasteiger partial charge in [0.25, 0.3) is 0 Å². The van der Waals surface area contributed by atoms with Crippen LogP contribution in [0.25, 0.3) is 5.57 Å². The summed E-state index contributed by atoms with van der Waals surface area (Å²) in [6, 6.07) is -0.250. The van der Waals surface area contributed by atoms with Crippen LogP contribution < -0.4 is 40.2 Å². The first-order valence-electron chi connectivity index (χ1n) is 10.3. The molecule has 3 rings (SSSR count). The second-order valence-electron chi connectivity index (χ2n) is 7.51. The van der Waals surface area contributed by atoms with Crippen LogP contribution in [0.1, 0.15) is 46.0 Å². The Kier molecular flexibility index (Phi) is 14.9. The number of carbonyl (C=O) groups excluding carboxylic acids is 3. The van der Waals surface area contributed by atoms with Gasteiger partial charge in [-0.3, -0.25) is 4.79 Å². The van der Waals surface area contributed by atoms with Crippen LogP contribution in [0.15, 0.2) is 17.7 Å². The maximum atomic E-state index is 11.7. The summed E-state index contributed by atoms with van der Waals surface area (Å²) in [5.74, 6) is -0.110. The molecule has 1 saturated heterocycles. The molecule has 3 heterocycles. The third kappa shape index (κ3) is 10.7. The van der Waals surface area contributed by atoms with Gasteiger partial charge in [0.05, 0.1) is 12.6 Å². The quantitative estimate of drug-likeness (QED) is 0.415. The molecule has 1 unspecified atom stereocenters. The number of hydroxylamine groups is 2. The number of hydrogen-bond donors (Lipinski definition) is 2. The van der Waals surface area contributed by atoms with Gasteiger partial charge in [-0.05, 0) is 26.8 Å². The van der Waals surface area contributed by atoms with Gasteiger partial charge in [-0.15, -0.1) is 11.3 Å². The Morgan fingerprint density at radius 3 is 2.52 bits per heavy atom. The molecule has 4 amide bonds. The fraction of sp³-hybridized carbons (Fsp3) is 0.600. The van der Waals surface area contributed by atoms with E-state index in [-0.39, 0.29) is 60.5 Å². The van der Waals surface area contributed by atoms with Crippen molar-refractivity contribution >= 4 is 47.9 Å². The first-order chi connectivity index (χ1) is 15.1. The summed E-state index contributed by atoms with van der Waals surface area (Å²) in [5, 5.41) is 9.04. The molecule has 0 spiro atoms. The smallest absolute Gasteiger partial charge is 0.590 e. The number of fused-ring (bicyclic) bond motifs is 2. The second-order valence-corrected chi connectivity index (χ2v) is 8.56. The summed E-state index contributed by atoms with van der Waals surface area (Å²) in [5.41, 5.74) is 0.561. The molecule has 2 bridgehead atoms. The Bertz CT molecular complexity index is 786. The van der Waals surface area contributed by atoms with E-state index in [0.717, 1.165) is 10.6 Å². The van der Waals surface area contributed by atoms with Gasteiger partial charge in [-0.1, -0.05) is 13.8 Å². The van der Waals surface area contributed by atoms with Crippen LogP contribution in [0.5, 0.6) is 0 Å². The van der Waals surface area contributed by atoms with Crippen molar-refractivity contribution in [3.63, 3.8) is 0 Å². The minimum Gasteiger partial charge on any atom is -0.590 e. The van der Waals surface area contributed by atoms with Crippen LogP contribution in [-0.2, 0) is 26.7 Å². The van der Waals surface area contributed by atoms with E-state index >= 15 is 0 Å². The van der Waals surface area contributed by atoms with Crippen molar-refractivity contribution in [2.75, 3.05) is 26.7 Å². The Morgan fingerprint density at radius 1 is 1.33 bits per heavy atom. The number of ether oxygens (including phenoxy) is 1. The van der Waals surface area contributed by atoms with Crippen LogP contribution in [0.3, 0.4) is 0 Å². The van der Waals surface area contributed by atoms with E-state index < -0.39 is 11.7 Å². The van der Waals surface area contributed by atoms with Crippen LogP contribution in [-0.4, -0.2) is 71.3 Å². The van der Waals surface area contributed by atoms with E-state index in [0.29, 0.717) is 13.1 Å². The zero-order chi connectivity index (χ0) is 24.3. The number of nitrogens with one attached hydrogen (secondary N) is 2. The van der Waals surface area contributed by atoms with Gasteiger partial charge in [0.1, 0.15) is 10.6 Å². The number of hydrogen-bond acceptors (Lipinski definition) is 8. The molecule has 1 aromatic heterocycles. The summed E-state index contributed by atoms with van der Waals surface area (Å²) in [7, 11) is 1.55. The molecular weight excluding hydrogens is 477 g/mol. The minimum atomic E-state index is -0.503. The van der Waals surface area contributed by atoms with Gasteiger partial charge >= 0.3 is 41.7 Å². The molecule has 2 N–H and O–H groups in total. The molecule has 0 aliphatic carbocycles. The molecule has 2 aliphatic heterocycles. The third-order valence-electron chi connectivity index (χ3n) is 4.01. The number of carbonyl (C=O) groups is 3. The SMILES string of the molecule is CC.CNC(=O)CCNC(=O)OC(C)(C)C.O=C1N2CC(c3nccs3)=CC(C2)N1O[S-].[Na+]. The predicted octanol–water partition coefficient (Wildman–Crippen LogP) is -0.283. The number of aromatic nitrogens is 1. The van der Waals surface area contributed by atoms with Gasteiger partial charge in [-0.2, -0.15) is 0 Å². The number of amides is 4. The van der Waals surface area contributed by atoms with Gasteiger partial charge in [-0.25, -0.2) is 19.6 Å². The van der Waals surface area contributed by atoms with Gasteiger partial charge in [0, 0.05) is 43.7 Å². The van der Waals surface area contributed by atoms with Crippen molar-refractivity contribution in [2.24, 2.45) is 0 Å². The van der Waals surface area contributed by atoms with Crippen molar-refractivity contribution in [3.05, 3.63) is 22.7 Å². The minimum absolute atomic E-state index is 0. The largest absolute Gasteiger partial charge is 1.00 e. The number of rotatable bonds is 5. The fourth-order valence-corrected chi connectivity index (χ4v) is 3.56. The number of thiazole rings is 1. The molecule has 180 valence electrons. The van der Waals surface area contributed by atoms with Gasteiger partial charge < -0.3 is 37.5 Å². The van der Waals surface area contributed by atoms with E-state index in [4.69, 9.17) is 4.74 Å². The Morgan fingerprint density at radius 2 is 2.00 bits per heavy atom. The van der Waals surface area contributed by atoms with E-state index in [9.17, 15) is 14.4 Å². The van der Waals surface area contributed by atoms with Crippen molar-refractivity contribution in [3.8, 4) is 0 Å². The van der Waals surface area contributed by atoms with Crippen molar-refractivity contribution in [1.29, 1.82) is 0 Å². The molecule has 33 heavy (non-hydrogen) atoms. The summed E-state index contributed by atoms with van der Waals surface area (Å²) >= 11 is 6.06. The van der Waals surface area contributed by atoms with E-state index in [2.05, 4.69) is 32.8 Å². The molecule has 0 radical (unpaired) electrons. The molecule has 1 fully saturated rings. The average molecular weight is 510 g/mol. The predicted molar refractivity (Wildman–Crippen MR) is 125 cm³/mol.